The van der Waals surface area contributed by atoms with Crippen LogP contribution in [0.2, 0.25) is 0 Å². The molecule has 0 spiro atoms. The van der Waals surface area contributed by atoms with Crippen molar-refractivity contribution in [3.8, 4) is 17.2 Å². The average molecular weight is 477 g/mol. The molecule has 0 radical (unpaired) electrons. The van der Waals surface area contributed by atoms with Crippen molar-refractivity contribution >= 4 is 22.5 Å². The molecule has 1 aliphatic heterocycles. The van der Waals surface area contributed by atoms with Gasteiger partial charge in [-0.3, -0.25) is 9.78 Å². The molecule has 4 heterocycles. The van der Waals surface area contributed by atoms with Crippen LogP contribution in [0.15, 0.2) is 73.3 Å². The first-order valence-corrected chi connectivity index (χ1v) is 12.2. The van der Waals surface area contributed by atoms with E-state index in [0.717, 1.165) is 44.6 Å². The van der Waals surface area contributed by atoms with Gasteiger partial charge in [0.15, 0.2) is 0 Å². The molecule has 180 valence electrons. The van der Waals surface area contributed by atoms with Crippen molar-refractivity contribution in [2.45, 2.75) is 38.0 Å². The number of amides is 1. The molecule has 1 amide bonds. The summed E-state index contributed by atoms with van der Waals surface area (Å²) in [6.45, 7) is 3.85. The molecule has 6 nitrogen and oxygen atoms in total. The summed E-state index contributed by atoms with van der Waals surface area (Å²) in [5, 5.41) is 10.7. The molecule has 5 rings (SSSR count). The van der Waals surface area contributed by atoms with Crippen molar-refractivity contribution in [1.29, 1.82) is 5.26 Å². The quantitative estimate of drug-likeness (QED) is 0.410. The van der Waals surface area contributed by atoms with Gasteiger partial charge in [-0.05, 0) is 61.2 Å². The zero-order valence-electron chi connectivity index (χ0n) is 21.1. The number of hydrogen-bond donors (Lipinski definition) is 1. The standard InChI is InChI=1S/C30H29N5O/c1-30(2,19-31)24-7-5-20(6-8-24)25-9-10-28(36)34(3)18-26(25)27-16-21(11-13-32-27)23-15-22-12-14-33-29(22)35(4)17-23/h5-8,11-18,25H,9-10H2,1-4H3/p+1. The van der Waals surface area contributed by atoms with Gasteiger partial charge in [-0.25, -0.2) is 9.55 Å². The van der Waals surface area contributed by atoms with Gasteiger partial charge in [-0.2, -0.15) is 5.26 Å². The van der Waals surface area contributed by atoms with Crippen LogP contribution in [0.1, 0.15) is 49.4 Å². The number of H-pyrrole nitrogens is 1. The fraction of sp³-hybridized carbons (Fsp3) is 0.267. The van der Waals surface area contributed by atoms with Crippen LogP contribution in [0.4, 0.5) is 0 Å². The summed E-state index contributed by atoms with van der Waals surface area (Å²) < 4.78 is 2.09. The third kappa shape index (κ3) is 4.29. The number of fused-ring (bicyclic) bond motifs is 1. The molecule has 1 aromatic carbocycles. The smallest absolute Gasteiger partial charge is 0.286 e. The first kappa shape index (κ1) is 23.5. The van der Waals surface area contributed by atoms with Gasteiger partial charge >= 0.3 is 0 Å². The highest BCUT2D eigenvalue weighted by Gasteiger charge is 2.27. The summed E-state index contributed by atoms with van der Waals surface area (Å²) in [6.07, 6.45) is 9.01. The van der Waals surface area contributed by atoms with E-state index in [0.29, 0.717) is 12.8 Å². The molecule has 1 aliphatic rings. The van der Waals surface area contributed by atoms with E-state index < -0.39 is 5.41 Å². The van der Waals surface area contributed by atoms with Crippen LogP contribution in [0.5, 0.6) is 0 Å². The number of allylic oxidation sites excluding steroid dienone is 1. The molecule has 4 aromatic rings. The van der Waals surface area contributed by atoms with E-state index in [4.69, 9.17) is 4.98 Å². The topological polar surface area (TPSA) is 76.7 Å². The lowest BCUT2D eigenvalue weighted by Crippen LogP contribution is -2.28. The van der Waals surface area contributed by atoms with E-state index in [2.05, 4.69) is 52.1 Å². The molecular weight excluding hydrogens is 446 g/mol. The number of aromatic amines is 1. The van der Waals surface area contributed by atoms with Gasteiger partial charge in [0.2, 0.25) is 5.91 Å². The minimum Gasteiger partial charge on any atom is -0.322 e. The molecule has 1 atom stereocenters. The maximum Gasteiger partial charge on any atom is 0.286 e. The highest BCUT2D eigenvalue weighted by molar-refractivity contribution is 5.84. The number of carbonyl (C=O) groups excluding carboxylic acids is 1. The Hall–Kier alpha value is -4.24. The van der Waals surface area contributed by atoms with Crippen LogP contribution in [-0.2, 0) is 17.3 Å². The zero-order chi connectivity index (χ0) is 25.4. The van der Waals surface area contributed by atoms with Crippen LogP contribution >= 0.6 is 0 Å². The zero-order valence-corrected chi connectivity index (χ0v) is 21.1. The number of nitrogens with zero attached hydrogens (tertiary/aromatic N) is 4. The van der Waals surface area contributed by atoms with E-state index in [9.17, 15) is 10.1 Å². The summed E-state index contributed by atoms with van der Waals surface area (Å²) in [5.41, 5.74) is 6.67. The van der Waals surface area contributed by atoms with E-state index >= 15 is 0 Å². The summed E-state index contributed by atoms with van der Waals surface area (Å²) in [4.78, 5) is 22.3. The first-order chi connectivity index (χ1) is 17.3. The largest absolute Gasteiger partial charge is 0.322 e. The Morgan fingerprint density at radius 1 is 1.14 bits per heavy atom. The second-order valence-electron chi connectivity index (χ2n) is 10.1. The molecule has 0 aliphatic carbocycles. The van der Waals surface area contributed by atoms with Gasteiger partial charge in [0, 0.05) is 42.9 Å². The van der Waals surface area contributed by atoms with Crippen molar-refractivity contribution in [3.05, 3.63) is 90.1 Å². The van der Waals surface area contributed by atoms with Crippen LogP contribution in [0.25, 0.3) is 27.7 Å². The molecule has 0 saturated heterocycles. The van der Waals surface area contributed by atoms with Gasteiger partial charge in [-0.15, -0.1) is 0 Å². The van der Waals surface area contributed by atoms with Gasteiger partial charge in [0.1, 0.15) is 0 Å². The Balaban J connectivity index is 1.57. The second-order valence-corrected chi connectivity index (χ2v) is 10.1. The number of benzene rings is 1. The molecule has 0 fully saturated rings. The number of pyridine rings is 2. The Morgan fingerprint density at radius 3 is 2.67 bits per heavy atom. The van der Waals surface area contributed by atoms with Gasteiger partial charge in [0.25, 0.3) is 5.65 Å². The number of nitriles is 1. The highest BCUT2D eigenvalue weighted by Crippen LogP contribution is 2.39. The van der Waals surface area contributed by atoms with Crippen LogP contribution < -0.4 is 4.57 Å². The summed E-state index contributed by atoms with van der Waals surface area (Å²) in [6, 6.07) is 19.0. The normalized spacial score (nSPS) is 16.5. The predicted molar refractivity (Wildman–Crippen MR) is 141 cm³/mol. The van der Waals surface area contributed by atoms with Crippen LogP contribution in [0, 0.1) is 11.3 Å². The predicted octanol–water partition coefficient (Wildman–Crippen LogP) is 5.23. The summed E-state index contributed by atoms with van der Waals surface area (Å²) in [5.74, 6) is 0.113. The van der Waals surface area contributed by atoms with Gasteiger partial charge in [0.05, 0.1) is 42.0 Å². The Kier molecular flexibility index (Phi) is 5.93. The van der Waals surface area contributed by atoms with E-state index in [1.54, 1.807) is 4.90 Å². The Bertz CT molecular complexity index is 1520. The minimum atomic E-state index is -0.552. The maximum atomic E-state index is 12.6. The van der Waals surface area contributed by atoms with Gasteiger partial charge < -0.3 is 4.90 Å². The van der Waals surface area contributed by atoms with Crippen LogP contribution in [0.3, 0.4) is 0 Å². The molecule has 1 unspecified atom stereocenters. The molecule has 0 bridgehead atoms. The highest BCUT2D eigenvalue weighted by atomic mass is 16.2. The minimum absolute atomic E-state index is 0.0177. The van der Waals surface area contributed by atoms with Crippen molar-refractivity contribution in [1.82, 2.24) is 14.9 Å². The lowest BCUT2D eigenvalue weighted by Gasteiger charge is -2.21. The number of aryl methyl sites for hydroxylation is 1. The lowest BCUT2D eigenvalue weighted by atomic mass is 9.82. The number of nitrogens with one attached hydrogen (secondary N) is 1. The fourth-order valence-corrected chi connectivity index (χ4v) is 4.96. The number of rotatable bonds is 4. The molecule has 0 saturated carbocycles. The molecular formula is C30H30N5O+. The Morgan fingerprint density at radius 2 is 1.92 bits per heavy atom. The van der Waals surface area contributed by atoms with E-state index in [1.165, 1.54) is 0 Å². The SMILES string of the molecule is CN1C=C(c2cc(-c3cc4cc[nH]c4[n+](C)c3)ccn2)C(c2ccc(C(C)(C)C#N)cc2)CCC1=O. The van der Waals surface area contributed by atoms with Crippen molar-refractivity contribution < 1.29 is 9.36 Å². The molecule has 6 heteroatoms. The lowest BCUT2D eigenvalue weighted by molar-refractivity contribution is -0.646. The van der Waals surface area contributed by atoms with Crippen molar-refractivity contribution in [2.24, 2.45) is 7.05 Å². The average Bonchev–Trinajstić information content (AvgIpc) is 3.32. The maximum absolute atomic E-state index is 12.6. The van der Waals surface area contributed by atoms with Crippen LogP contribution in [-0.4, -0.2) is 27.8 Å². The second kappa shape index (κ2) is 9.09. The molecule has 36 heavy (non-hydrogen) atoms. The summed E-state index contributed by atoms with van der Waals surface area (Å²) in [7, 11) is 3.85. The monoisotopic (exact) mass is 476 g/mol. The number of hydrogen-bond acceptors (Lipinski definition) is 3. The third-order valence-electron chi connectivity index (χ3n) is 7.20. The van der Waals surface area contributed by atoms with Crippen molar-refractivity contribution in [3.63, 3.8) is 0 Å². The molecule has 3 aromatic heterocycles. The number of carbonyl (C=O) groups is 1. The molecule has 1 N–H and O–H groups in total. The number of aromatic nitrogens is 3. The van der Waals surface area contributed by atoms with Crippen molar-refractivity contribution in [2.75, 3.05) is 7.05 Å². The van der Waals surface area contributed by atoms with E-state index in [1.807, 2.05) is 64.7 Å². The summed E-state index contributed by atoms with van der Waals surface area (Å²) >= 11 is 0. The van der Waals surface area contributed by atoms with Gasteiger partial charge in [-0.1, -0.05) is 24.3 Å². The third-order valence-corrected chi connectivity index (χ3v) is 7.20. The fourth-order valence-electron chi connectivity index (χ4n) is 4.96. The first-order valence-electron chi connectivity index (χ1n) is 12.2. The van der Waals surface area contributed by atoms with E-state index in [-0.39, 0.29) is 11.8 Å². The Labute approximate surface area is 211 Å².